The topological polar surface area (TPSA) is 67.9 Å². The van der Waals surface area contributed by atoms with Gasteiger partial charge in [-0.1, -0.05) is 60.7 Å². The lowest BCUT2D eigenvalue weighted by Gasteiger charge is -2.36. The Bertz CT molecular complexity index is 1240. The molecule has 192 valence electrons. The molecule has 0 spiro atoms. The largest absolute Gasteiger partial charge is 0.485 e. The molecule has 2 fully saturated rings. The van der Waals surface area contributed by atoms with Crippen LogP contribution in [0.5, 0.6) is 11.5 Å². The van der Waals surface area contributed by atoms with Gasteiger partial charge >= 0.3 is 0 Å². The number of halogens is 1. The molecule has 3 atom stereocenters. The van der Waals surface area contributed by atoms with E-state index in [-0.39, 0.29) is 36.3 Å². The Kier molecular flexibility index (Phi) is 7.51. The van der Waals surface area contributed by atoms with Gasteiger partial charge in [0.15, 0.2) is 17.3 Å². The highest BCUT2D eigenvalue weighted by Crippen LogP contribution is 2.35. The van der Waals surface area contributed by atoms with Gasteiger partial charge in [-0.15, -0.1) is 0 Å². The zero-order valence-corrected chi connectivity index (χ0v) is 20.9. The second kappa shape index (κ2) is 11.1. The highest BCUT2D eigenvalue weighted by atomic mass is 19.1. The first-order chi connectivity index (χ1) is 18.0. The van der Waals surface area contributed by atoms with Crippen molar-refractivity contribution < 1.29 is 23.5 Å². The third-order valence-corrected chi connectivity index (χ3v) is 7.37. The van der Waals surface area contributed by atoms with Gasteiger partial charge in [-0.3, -0.25) is 9.59 Å². The third kappa shape index (κ3) is 5.83. The number of hydrogen-bond donors (Lipinski definition) is 1. The maximum atomic E-state index is 15.3. The summed E-state index contributed by atoms with van der Waals surface area (Å²) in [5.41, 5.74) is 1.67. The molecule has 2 aliphatic rings. The Morgan fingerprint density at radius 3 is 2.05 bits per heavy atom. The maximum Gasteiger partial charge on any atom is 0.292 e. The first-order valence-corrected chi connectivity index (χ1v) is 12.7. The average molecular weight is 503 g/mol. The number of benzene rings is 3. The Hall–Kier alpha value is -3.71. The zero-order valence-electron chi connectivity index (χ0n) is 20.9. The summed E-state index contributed by atoms with van der Waals surface area (Å²) in [5, 5.41) is 2.89. The van der Waals surface area contributed by atoms with Crippen LogP contribution >= 0.6 is 0 Å². The lowest BCUT2D eigenvalue weighted by molar-refractivity contribution is -0.118. The van der Waals surface area contributed by atoms with Crippen LogP contribution in [0.1, 0.15) is 47.2 Å². The second-order valence-electron chi connectivity index (χ2n) is 9.86. The molecule has 3 aromatic carbocycles. The monoisotopic (exact) mass is 502 g/mol. The number of amides is 1. The van der Waals surface area contributed by atoms with Crippen molar-refractivity contribution in [2.75, 3.05) is 7.05 Å². The number of carbonyl (C=O) groups excluding carboxylic acids is 2. The average Bonchev–Trinajstić information content (AvgIpc) is 3.11. The van der Waals surface area contributed by atoms with Crippen LogP contribution in [0.15, 0.2) is 72.8 Å². The molecule has 1 unspecified atom stereocenters. The summed E-state index contributed by atoms with van der Waals surface area (Å²) < 4.78 is 27.0. The minimum absolute atomic E-state index is 0.0581. The molecule has 0 aliphatic carbocycles. The van der Waals surface area contributed by atoms with Crippen molar-refractivity contribution in [3.63, 3.8) is 0 Å². The van der Waals surface area contributed by atoms with Gasteiger partial charge in [0.05, 0.1) is 0 Å². The van der Waals surface area contributed by atoms with Gasteiger partial charge < -0.3 is 19.7 Å². The van der Waals surface area contributed by atoms with Crippen molar-refractivity contribution >= 4 is 11.7 Å². The summed E-state index contributed by atoms with van der Waals surface area (Å²) in [4.78, 5) is 28.3. The number of hydrogen-bond acceptors (Lipinski definition) is 5. The maximum absolute atomic E-state index is 15.3. The summed E-state index contributed by atoms with van der Waals surface area (Å²) in [6.45, 7) is 0.288. The van der Waals surface area contributed by atoms with E-state index in [2.05, 4.69) is 17.3 Å². The van der Waals surface area contributed by atoms with Gasteiger partial charge in [-0.2, -0.15) is 0 Å². The van der Waals surface area contributed by atoms with Gasteiger partial charge in [0.2, 0.25) is 5.78 Å². The molecule has 5 rings (SSSR count). The molecule has 3 aromatic rings. The molecule has 2 saturated heterocycles. The molecular formula is C30H31FN2O4. The van der Waals surface area contributed by atoms with Gasteiger partial charge in [-0.25, -0.2) is 4.39 Å². The van der Waals surface area contributed by atoms with E-state index in [4.69, 9.17) is 9.47 Å². The smallest absolute Gasteiger partial charge is 0.292 e. The zero-order chi connectivity index (χ0) is 25.8. The SMILES string of the molecule is CN1[C@@H]2CC[C@H]1CC(NC(=O)C(=O)c1cc(F)c(OCc3ccccc3)c(OCc3ccccc3)c1)C2. The van der Waals surface area contributed by atoms with E-state index < -0.39 is 17.5 Å². The number of fused-ring (bicyclic) bond motifs is 2. The normalized spacial score (nSPS) is 20.9. The minimum Gasteiger partial charge on any atom is -0.485 e. The molecule has 2 aliphatic heterocycles. The van der Waals surface area contributed by atoms with Crippen molar-refractivity contribution in [3.05, 3.63) is 95.3 Å². The number of ether oxygens (including phenoxy) is 2. The quantitative estimate of drug-likeness (QED) is 0.333. The van der Waals surface area contributed by atoms with Crippen LogP contribution in [-0.2, 0) is 18.0 Å². The molecule has 37 heavy (non-hydrogen) atoms. The van der Waals surface area contributed by atoms with Crippen molar-refractivity contribution in [2.45, 2.75) is 57.0 Å². The van der Waals surface area contributed by atoms with Crippen molar-refractivity contribution in [1.82, 2.24) is 10.2 Å². The Balaban J connectivity index is 1.33. The lowest BCUT2D eigenvalue weighted by atomic mass is 9.97. The van der Waals surface area contributed by atoms with Gasteiger partial charge in [-0.05, 0) is 56.0 Å². The van der Waals surface area contributed by atoms with Crippen LogP contribution in [0.25, 0.3) is 0 Å². The number of nitrogens with zero attached hydrogens (tertiary/aromatic N) is 1. The van der Waals surface area contributed by atoms with Gasteiger partial charge in [0.25, 0.3) is 5.91 Å². The number of carbonyl (C=O) groups is 2. The van der Waals surface area contributed by atoms with Crippen LogP contribution in [0.3, 0.4) is 0 Å². The van der Waals surface area contributed by atoms with Crippen molar-refractivity contribution in [3.8, 4) is 11.5 Å². The summed E-state index contributed by atoms with van der Waals surface area (Å²) >= 11 is 0. The highest BCUT2D eigenvalue weighted by Gasteiger charge is 2.39. The third-order valence-electron chi connectivity index (χ3n) is 7.37. The number of ketones is 1. The van der Waals surface area contributed by atoms with Crippen LogP contribution < -0.4 is 14.8 Å². The van der Waals surface area contributed by atoms with Crippen LogP contribution in [0.4, 0.5) is 4.39 Å². The van der Waals surface area contributed by atoms with E-state index in [1.54, 1.807) is 0 Å². The van der Waals surface area contributed by atoms with Gasteiger partial charge in [0, 0.05) is 23.7 Å². The first-order valence-electron chi connectivity index (χ1n) is 12.7. The highest BCUT2D eigenvalue weighted by molar-refractivity contribution is 6.43. The second-order valence-corrected chi connectivity index (χ2v) is 9.86. The van der Waals surface area contributed by atoms with Crippen molar-refractivity contribution in [2.24, 2.45) is 0 Å². The predicted octanol–water partition coefficient (Wildman–Crippen LogP) is 4.91. The number of Topliss-reactive ketones (excluding diaryl/α,β-unsaturated/α-hetero) is 1. The molecule has 0 saturated carbocycles. The number of rotatable bonds is 9. The Morgan fingerprint density at radius 1 is 0.892 bits per heavy atom. The van der Waals surface area contributed by atoms with Crippen LogP contribution in [0.2, 0.25) is 0 Å². The van der Waals surface area contributed by atoms with E-state index in [0.29, 0.717) is 12.1 Å². The molecule has 2 heterocycles. The summed E-state index contributed by atoms with van der Waals surface area (Å²) in [5.74, 6) is -2.28. The fourth-order valence-corrected chi connectivity index (χ4v) is 5.32. The standard InChI is InChI=1S/C30H31FN2O4/c1-33-24-12-13-25(33)17-23(16-24)32-30(35)28(34)22-14-26(31)29(37-19-21-10-6-3-7-11-21)27(15-22)36-18-20-8-4-2-5-9-20/h2-11,14-15,23-25H,12-13,16-19H2,1H3,(H,32,35)/t23?,24-,25+. The van der Waals surface area contributed by atoms with Gasteiger partial charge in [0.1, 0.15) is 13.2 Å². The summed E-state index contributed by atoms with van der Waals surface area (Å²) in [6.07, 6.45) is 3.86. The number of nitrogens with one attached hydrogen (secondary N) is 1. The molecule has 7 heteroatoms. The molecule has 0 aromatic heterocycles. The van der Waals surface area contributed by atoms with Crippen LogP contribution in [-0.4, -0.2) is 41.8 Å². The number of piperidine rings is 1. The molecular weight excluding hydrogens is 471 g/mol. The van der Waals surface area contributed by atoms with E-state index in [9.17, 15) is 9.59 Å². The molecule has 1 N–H and O–H groups in total. The Morgan fingerprint density at radius 2 is 1.46 bits per heavy atom. The first kappa shape index (κ1) is 25.0. The molecule has 0 radical (unpaired) electrons. The predicted molar refractivity (Wildman–Crippen MR) is 138 cm³/mol. The summed E-state index contributed by atoms with van der Waals surface area (Å²) in [7, 11) is 2.12. The lowest BCUT2D eigenvalue weighted by Crippen LogP contribution is -2.50. The minimum atomic E-state index is -0.788. The fraction of sp³-hybridized carbons (Fsp3) is 0.333. The molecule has 6 nitrogen and oxygen atoms in total. The van der Waals surface area contributed by atoms with Crippen molar-refractivity contribution in [1.29, 1.82) is 0 Å². The van der Waals surface area contributed by atoms with Crippen LogP contribution in [0, 0.1) is 5.82 Å². The molecule has 1 amide bonds. The fourth-order valence-electron chi connectivity index (χ4n) is 5.32. The van der Waals surface area contributed by atoms with E-state index in [0.717, 1.165) is 42.9 Å². The Labute approximate surface area is 216 Å². The van der Waals surface area contributed by atoms with E-state index in [1.165, 1.54) is 6.07 Å². The summed E-state index contributed by atoms with van der Waals surface area (Å²) in [6, 6.07) is 22.1. The van der Waals surface area contributed by atoms with E-state index >= 15 is 4.39 Å². The molecule has 2 bridgehead atoms. The van der Waals surface area contributed by atoms with E-state index in [1.807, 2.05) is 60.7 Å².